The van der Waals surface area contributed by atoms with Crippen LogP contribution < -0.4 is 10.1 Å². The molecule has 0 aliphatic carbocycles. The SMILES string of the molecule is COC(CNC(=O)c1cn(Cc2ccc(F)cc2)nc1OCc1ccc(F)cc1)OC. The van der Waals surface area contributed by atoms with Crippen LogP contribution in [-0.4, -0.2) is 42.7 Å². The van der Waals surface area contributed by atoms with Gasteiger partial charge in [0.05, 0.1) is 13.1 Å². The zero-order chi connectivity index (χ0) is 22.2. The minimum atomic E-state index is -0.596. The van der Waals surface area contributed by atoms with Crippen LogP contribution in [0.5, 0.6) is 5.88 Å². The molecule has 0 saturated heterocycles. The molecule has 9 heteroatoms. The lowest BCUT2D eigenvalue weighted by Gasteiger charge is -2.13. The third-order valence-electron chi connectivity index (χ3n) is 4.47. The van der Waals surface area contributed by atoms with E-state index in [0.717, 1.165) is 11.1 Å². The number of carbonyl (C=O) groups is 1. The molecule has 0 fully saturated rings. The molecule has 0 bridgehead atoms. The molecule has 3 rings (SSSR count). The fourth-order valence-electron chi connectivity index (χ4n) is 2.79. The number of hydrogen-bond acceptors (Lipinski definition) is 5. The van der Waals surface area contributed by atoms with Gasteiger partial charge in [0.25, 0.3) is 5.91 Å². The Kier molecular flexibility index (Phi) is 7.69. The lowest BCUT2D eigenvalue weighted by molar-refractivity contribution is -0.0974. The van der Waals surface area contributed by atoms with E-state index < -0.39 is 12.2 Å². The largest absolute Gasteiger partial charge is 0.471 e. The highest BCUT2D eigenvalue weighted by Crippen LogP contribution is 2.19. The molecule has 0 radical (unpaired) electrons. The number of amides is 1. The van der Waals surface area contributed by atoms with Gasteiger partial charge in [-0.25, -0.2) is 8.78 Å². The van der Waals surface area contributed by atoms with E-state index in [-0.39, 0.29) is 36.2 Å². The Morgan fingerprint density at radius 3 is 2.16 bits per heavy atom. The van der Waals surface area contributed by atoms with Crippen molar-refractivity contribution in [3.63, 3.8) is 0 Å². The lowest BCUT2D eigenvalue weighted by Crippen LogP contribution is -2.34. The van der Waals surface area contributed by atoms with E-state index in [0.29, 0.717) is 6.54 Å². The highest BCUT2D eigenvalue weighted by atomic mass is 19.1. The van der Waals surface area contributed by atoms with Gasteiger partial charge in [-0.3, -0.25) is 9.48 Å². The van der Waals surface area contributed by atoms with Crippen molar-refractivity contribution in [3.05, 3.63) is 83.1 Å². The van der Waals surface area contributed by atoms with Gasteiger partial charge >= 0.3 is 0 Å². The monoisotopic (exact) mass is 431 g/mol. The second-order valence-electron chi connectivity index (χ2n) is 6.70. The molecule has 1 amide bonds. The molecular weight excluding hydrogens is 408 g/mol. The second kappa shape index (κ2) is 10.6. The van der Waals surface area contributed by atoms with E-state index in [1.165, 1.54) is 43.2 Å². The fraction of sp³-hybridized carbons (Fsp3) is 0.273. The Labute approximate surface area is 178 Å². The summed E-state index contributed by atoms with van der Waals surface area (Å²) in [7, 11) is 2.94. The molecule has 0 saturated carbocycles. The first kappa shape index (κ1) is 22.4. The topological polar surface area (TPSA) is 74.6 Å². The Morgan fingerprint density at radius 2 is 1.58 bits per heavy atom. The van der Waals surface area contributed by atoms with Gasteiger partial charge in [-0.1, -0.05) is 24.3 Å². The Hall–Kier alpha value is -3.30. The lowest BCUT2D eigenvalue weighted by atomic mass is 10.2. The molecule has 2 aromatic carbocycles. The van der Waals surface area contributed by atoms with Crippen LogP contribution in [-0.2, 0) is 22.6 Å². The molecular formula is C22H23F2N3O4. The first-order valence-corrected chi connectivity index (χ1v) is 9.51. The summed E-state index contributed by atoms with van der Waals surface area (Å²) >= 11 is 0. The van der Waals surface area contributed by atoms with Crippen molar-refractivity contribution >= 4 is 5.91 Å². The van der Waals surface area contributed by atoms with Gasteiger partial charge in [0.2, 0.25) is 5.88 Å². The predicted octanol–water partition coefficient (Wildman–Crippen LogP) is 3.14. The standard InChI is InChI=1S/C22H23F2N3O4/c1-29-20(30-2)11-25-21(28)19-13-27(12-15-3-7-17(23)8-4-15)26-22(19)31-14-16-5-9-18(24)10-6-16/h3-10,13,20H,11-12,14H2,1-2H3,(H,25,28). The van der Waals surface area contributed by atoms with Crippen LogP contribution >= 0.6 is 0 Å². The molecule has 0 unspecified atom stereocenters. The number of benzene rings is 2. The van der Waals surface area contributed by atoms with Crippen LogP contribution in [0.1, 0.15) is 21.5 Å². The van der Waals surface area contributed by atoms with Crippen molar-refractivity contribution in [1.82, 2.24) is 15.1 Å². The van der Waals surface area contributed by atoms with Crippen molar-refractivity contribution in [2.45, 2.75) is 19.4 Å². The van der Waals surface area contributed by atoms with Crippen LogP contribution in [0.4, 0.5) is 8.78 Å². The Balaban J connectivity index is 1.77. The van der Waals surface area contributed by atoms with Gasteiger partial charge in [-0.05, 0) is 35.4 Å². The van der Waals surface area contributed by atoms with Crippen molar-refractivity contribution in [2.24, 2.45) is 0 Å². The van der Waals surface area contributed by atoms with E-state index in [9.17, 15) is 13.6 Å². The van der Waals surface area contributed by atoms with Crippen LogP contribution in [0, 0.1) is 11.6 Å². The summed E-state index contributed by atoms with van der Waals surface area (Å²) in [6.07, 6.45) is 0.953. The van der Waals surface area contributed by atoms with Crippen molar-refractivity contribution in [2.75, 3.05) is 20.8 Å². The highest BCUT2D eigenvalue weighted by molar-refractivity contribution is 5.96. The van der Waals surface area contributed by atoms with Gasteiger partial charge in [0, 0.05) is 20.4 Å². The number of nitrogens with zero attached hydrogens (tertiary/aromatic N) is 2. The molecule has 1 N–H and O–H groups in total. The number of nitrogens with one attached hydrogen (secondary N) is 1. The molecule has 1 heterocycles. The first-order chi connectivity index (χ1) is 15.0. The van der Waals surface area contributed by atoms with Gasteiger partial charge in [-0.15, -0.1) is 5.10 Å². The molecule has 0 atom stereocenters. The predicted molar refractivity (Wildman–Crippen MR) is 109 cm³/mol. The smallest absolute Gasteiger partial charge is 0.258 e. The third-order valence-corrected chi connectivity index (χ3v) is 4.47. The summed E-state index contributed by atoms with van der Waals surface area (Å²) in [6.45, 7) is 0.554. The van der Waals surface area contributed by atoms with E-state index in [1.807, 2.05) is 0 Å². The summed E-state index contributed by atoms with van der Waals surface area (Å²) < 4.78 is 43.7. The number of rotatable bonds is 10. The number of hydrogen-bond donors (Lipinski definition) is 1. The quantitative estimate of drug-likeness (QED) is 0.500. The summed E-state index contributed by atoms with van der Waals surface area (Å²) in [5, 5.41) is 7.06. The van der Waals surface area contributed by atoms with Crippen LogP contribution in [0.2, 0.25) is 0 Å². The zero-order valence-corrected chi connectivity index (χ0v) is 17.2. The summed E-state index contributed by atoms with van der Waals surface area (Å²) in [5.41, 5.74) is 1.75. The normalized spacial score (nSPS) is 11.0. The maximum atomic E-state index is 13.2. The number of ether oxygens (including phenoxy) is 3. The molecule has 164 valence electrons. The highest BCUT2D eigenvalue weighted by Gasteiger charge is 2.19. The number of aromatic nitrogens is 2. The van der Waals surface area contributed by atoms with Crippen molar-refractivity contribution in [3.8, 4) is 5.88 Å². The average molecular weight is 431 g/mol. The van der Waals surface area contributed by atoms with Crippen LogP contribution in [0.25, 0.3) is 0 Å². The first-order valence-electron chi connectivity index (χ1n) is 9.51. The van der Waals surface area contributed by atoms with Gasteiger partial charge in [0.1, 0.15) is 23.8 Å². The van der Waals surface area contributed by atoms with Crippen molar-refractivity contribution < 1.29 is 27.8 Å². The molecule has 0 spiro atoms. The maximum Gasteiger partial charge on any atom is 0.258 e. The molecule has 31 heavy (non-hydrogen) atoms. The summed E-state index contributed by atoms with van der Waals surface area (Å²) in [5.74, 6) is -0.981. The molecule has 1 aromatic heterocycles. The summed E-state index contributed by atoms with van der Waals surface area (Å²) in [4.78, 5) is 12.7. The molecule has 7 nitrogen and oxygen atoms in total. The minimum absolute atomic E-state index is 0.104. The second-order valence-corrected chi connectivity index (χ2v) is 6.70. The molecule has 0 aliphatic rings. The van der Waals surface area contributed by atoms with Crippen LogP contribution in [0.15, 0.2) is 54.7 Å². The Bertz CT molecular complexity index is 987. The van der Waals surface area contributed by atoms with Crippen molar-refractivity contribution in [1.29, 1.82) is 0 Å². The number of methoxy groups -OCH3 is 2. The fourth-order valence-corrected chi connectivity index (χ4v) is 2.79. The van der Waals surface area contributed by atoms with Gasteiger partial charge in [0.15, 0.2) is 6.29 Å². The Morgan fingerprint density at radius 1 is 1.00 bits per heavy atom. The minimum Gasteiger partial charge on any atom is -0.471 e. The average Bonchev–Trinajstić information content (AvgIpc) is 3.18. The summed E-state index contributed by atoms with van der Waals surface area (Å²) in [6, 6.07) is 11.8. The van der Waals surface area contributed by atoms with Gasteiger partial charge in [-0.2, -0.15) is 0 Å². The zero-order valence-electron chi connectivity index (χ0n) is 17.2. The maximum absolute atomic E-state index is 13.2. The number of carbonyl (C=O) groups excluding carboxylic acids is 1. The van der Waals surface area contributed by atoms with Crippen LogP contribution in [0.3, 0.4) is 0 Å². The number of halogens is 2. The molecule has 3 aromatic rings. The van der Waals surface area contributed by atoms with E-state index >= 15 is 0 Å². The van der Waals surface area contributed by atoms with Gasteiger partial charge < -0.3 is 19.5 Å². The third kappa shape index (κ3) is 6.34. The van der Waals surface area contributed by atoms with E-state index in [2.05, 4.69) is 10.4 Å². The molecule has 0 aliphatic heterocycles. The van der Waals surface area contributed by atoms with E-state index in [1.54, 1.807) is 30.5 Å². The van der Waals surface area contributed by atoms with E-state index in [4.69, 9.17) is 14.2 Å².